The number of fused-ring (bicyclic) bond motifs is 1. The monoisotopic (exact) mass is 307 g/mol. The summed E-state index contributed by atoms with van der Waals surface area (Å²) in [6, 6.07) is 14.8. The van der Waals surface area contributed by atoms with Crippen molar-refractivity contribution in [3.05, 3.63) is 81.1 Å². The third-order valence-corrected chi connectivity index (χ3v) is 4.15. The number of nitrogens with zero attached hydrogens (tertiary/aromatic N) is 1. The summed E-state index contributed by atoms with van der Waals surface area (Å²) < 4.78 is 1.53. The van der Waals surface area contributed by atoms with Gasteiger partial charge < -0.3 is 9.67 Å². The number of benzene rings is 2. The highest BCUT2D eigenvalue weighted by Crippen LogP contribution is 2.16. The van der Waals surface area contributed by atoms with E-state index in [4.69, 9.17) is 0 Å². The molecule has 4 nitrogen and oxygen atoms in total. The minimum absolute atomic E-state index is 0.201. The molecule has 23 heavy (non-hydrogen) atoms. The first-order chi connectivity index (χ1) is 11.0. The molecule has 0 aliphatic rings. The Morgan fingerprint density at radius 2 is 1.78 bits per heavy atom. The van der Waals surface area contributed by atoms with E-state index in [1.165, 1.54) is 16.2 Å². The fraction of sp³-hybridized carbons (Fsp3) is 0.158. The highest BCUT2D eigenvalue weighted by atomic mass is 16.4. The van der Waals surface area contributed by atoms with E-state index in [1.807, 2.05) is 56.3 Å². The van der Waals surface area contributed by atoms with Crippen molar-refractivity contribution in [2.24, 2.45) is 0 Å². The predicted molar refractivity (Wildman–Crippen MR) is 90.2 cm³/mol. The van der Waals surface area contributed by atoms with Crippen molar-refractivity contribution in [3.8, 4) is 0 Å². The van der Waals surface area contributed by atoms with Crippen LogP contribution in [0.25, 0.3) is 10.9 Å². The van der Waals surface area contributed by atoms with E-state index in [9.17, 15) is 14.7 Å². The van der Waals surface area contributed by atoms with Gasteiger partial charge in [-0.05, 0) is 48.1 Å². The second-order valence-electron chi connectivity index (χ2n) is 5.73. The maximum absolute atomic E-state index is 12.6. The lowest BCUT2D eigenvalue weighted by Crippen LogP contribution is -2.27. The van der Waals surface area contributed by atoms with Gasteiger partial charge in [0.05, 0.1) is 12.1 Å². The van der Waals surface area contributed by atoms with Gasteiger partial charge in [-0.1, -0.05) is 36.4 Å². The number of carbonyl (C=O) groups is 1. The summed E-state index contributed by atoms with van der Waals surface area (Å²) in [5.41, 5.74) is 3.37. The molecule has 2 aromatic carbocycles. The van der Waals surface area contributed by atoms with Gasteiger partial charge in [0.1, 0.15) is 5.56 Å². The average Bonchev–Trinajstić information content (AvgIpc) is 2.53. The van der Waals surface area contributed by atoms with Gasteiger partial charge in [-0.25, -0.2) is 4.79 Å². The van der Waals surface area contributed by atoms with Gasteiger partial charge in [0, 0.05) is 0 Å². The fourth-order valence-corrected chi connectivity index (χ4v) is 2.72. The average molecular weight is 307 g/mol. The van der Waals surface area contributed by atoms with Gasteiger partial charge in [0.25, 0.3) is 5.56 Å². The van der Waals surface area contributed by atoms with Crippen LogP contribution in [-0.4, -0.2) is 15.6 Å². The standard InChI is InChI=1S/C19H17NO3/c1-12-7-8-14(9-13(12)2)11-20-17-6-4-3-5-15(17)10-16(18(20)21)19(22)23/h3-10H,11H2,1-2H3,(H,22,23). The Kier molecular flexibility index (Phi) is 3.74. The molecule has 1 N–H and O–H groups in total. The third-order valence-electron chi connectivity index (χ3n) is 4.15. The lowest BCUT2D eigenvalue weighted by atomic mass is 10.1. The van der Waals surface area contributed by atoms with Crippen LogP contribution >= 0.6 is 0 Å². The van der Waals surface area contributed by atoms with Gasteiger partial charge >= 0.3 is 5.97 Å². The van der Waals surface area contributed by atoms with Crippen molar-refractivity contribution in [2.75, 3.05) is 0 Å². The van der Waals surface area contributed by atoms with Crippen LogP contribution in [0.2, 0.25) is 0 Å². The summed E-state index contributed by atoms with van der Waals surface area (Å²) in [5, 5.41) is 10.0. The number of carboxylic acids is 1. The Morgan fingerprint density at radius 1 is 1.04 bits per heavy atom. The zero-order valence-corrected chi connectivity index (χ0v) is 13.0. The molecule has 3 rings (SSSR count). The molecule has 0 aliphatic heterocycles. The number of hydrogen-bond donors (Lipinski definition) is 1. The van der Waals surface area contributed by atoms with Gasteiger partial charge in [0.2, 0.25) is 0 Å². The Balaban J connectivity index is 2.22. The molecule has 0 fully saturated rings. The van der Waals surface area contributed by atoms with Gasteiger partial charge in [-0.15, -0.1) is 0 Å². The lowest BCUT2D eigenvalue weighted by molar-refractivity contribution is 0.0694. The number of pyridine rings is 1. The van der Waals surface area contributed by atoms with E-state index in [1.54, 1.807) is 0 Å². The largest absolute Gasteiger partial charge is 0.477 e. The molecule has 4 heteroatoms. The molecular formula is C19H17NO3. The Labute approximate surface area is 133 Å². The number of aromatic nitrogens is 1. The Hall–Kier alpha value is -2.88. The van der Waals surface area contributed by atoms with Crippen molar-refractivity contribution >= 4 is 16.9 Å². The number of para-hydroxylation sites is 1. The Bertz CT molecular complexity index is 970. The lowest BCUT2D eigenvalue weighted by Gasteiger charge is -2.13. The summed E-state index contributed by atoms with van der Waals surface area (Å²) in [4.78, 5) is 23.9. The first kappa shape index (κ1) is 15.0. The van der Waals surface area contributed by atoms with E-state index in [2.05, 4.69) is 0 Å². The number of carboxylic acid groups (broad SMARTS) is 1. The minimum atomic E-state index is -1.20. The van der Waals surface area contributed by atoms with Crippen LogP contribution in [0.1, 0.15) is 27.0 Å². The van der Waals surface area contributed by atoms with E-state index >= 15 is 0 Å². The second kappa shape index (κ2) is 5.72. The highest BCUT2D eigenvalue weighted by molar-refractivity contribution is 5.92. The molecule has 0 saturated heterocycles. The number of hydrogen-bond acceptors (Lipinski definition) is 2. The summed E-state index contributed by atoms with van der Waals surface area (Å²) in [6.45, 7) is 4.40. The quantitative estimate of drug-likeness (QED) is 0.807. The van der Waals surface area contributed by atoms with E-state index in [-0.39, 0.29) is 5.56 Å². The number of aromatic carboxylic acids is 1. The molecule has 1 heterocycles. The smallest absolute Gasteiger partial charge is 0.341 e. The zero-order valence-electron chi connectivity index (χ0n) is 13.0. The maximum atomic E-state index is 12.6. The minimum Gasteiger partial charge on any atom is -0.477 e. The molecule has 0 aliphatic carbocycles. The summed E-state index contributed by atoms with van der Waals surface area (Å²) in [7, 11) is 0. The first-order valence-corrected chi connectivity index (χ1v) is 7.39. The van der Waals surface area contributed by atoms with Crippen molar-refractivity contribution in [3.63, 3.8) is 0 Å². The van der Waals surface area contributed by atoms with Gasteiger partial charge in [-0.3, -0.25) is 4.79 Å². The predicted octanol–water partition coefficient (Wildman–Crippen LogP) is 3.36. The summed E-state index contributed by atoms with van der Waals surface area (Å²) in [5.74, 6) is -1.20. The van der Waals surface area contributed by atoms with Crippen molar-refractivity contribution in [1.82, 2.24) is 4.57 Å². The van der Waals surface area contributed by atoms with E-state index < -0.39 is 11.5 Å². The molecule has 116 valence electrons. The highest BCUT2D eigenvalue weighted by Gasteiger charge is 2.14. The van der Waals surface area contributed by atoms with E-state index in [0.29, 0.717) is 6.54 Å². The molecule has 1 aromatic heterocycles. The fourth-order valence-electron chi connectivity index (χ4n) is 2.72. The first-order valence-electron chi connectivity index (χ1n) is 7.39. The SMILES string of the molecule is Cc1ccc(Cn2c(=O)c(C(=O)O)cc3ccccc32)cc1C. The molecule has 0 amide bonds. The van der Waals surface area contributed by atoms with Crippen LogP contribution in [0.15, 0.2) is 53.3 Å². The maximum Gasteiger partial charge on any atom is 0.341 e. The summed E-state index contributed by atoms with van der Waals surface area (Å²) in [6.07, 6.45) is 0. The molecule has 0 saturated carbocycles. The van der Waals surface area contributed by atoms with Gasteiger partial charge in [0.15, 0.2) is 0 Å². The third kappa shape index (κ3) is 2.75. The van der Waals surface area contributed by atoms with Crippen LogP contribution < -0.4 is 5.56 Å². The Morgan fingerprint density at radius 3 is 2.48 bits per heavy atom. The van der Waals surface area contributed by atoms with Crippen LogP contribution in [0.5, 0.6) is 0 Å². The molecule has 3 aromatic rings. The molecular weight excluding hydrogens is 290 g/mol. The number of rotatable bonds is 3. The van der Waals surface area contributed by atoms with Crippen LogP contribution in [0.3, 0.4) is 0 Å². The van der Waals surface area contributed by atoms with Crippen molar-refractivity contribution in [2.45, 2.75) is 20.4 Å². The molecule has 0 atom stereocenters. The van der Waals surface area contributed by atoms with Crippen molar-refractivity contribution in [1.29, 1.82) is 0 Å². The normalized spacial score (nSPS) is 10.9. The molecule has 0 spiro atoms. The second-order valence-corrected chi connectivity index (χ2v) is 5.73. The molecule has 0 unspecified atom stereocenters. The number of aryl methyl sites for hydroxylation is 2. The van der Waals surface area contributed by atoms with Crippen LogP contribution in [0.4, 0.5) is 0 Å². The topological polar surface area (TPSA) is 59.3 Å². The van der Waals surface area contributed by atoms with Gasteiger partial charge in [-0.2, -0.15) is 0 Å². The van der Waals surface area contributed by atoms with E-state index in [0.717, 1.165) is 22.0 Å². The summed E-state index contributed by atoms with van der Waals surface area (Å²) >= 11 is 0. The molecule has 0 bridgehead atoms. The van der Waals surface area contributed by atoms with Crippen molar-refractivity contribution < 1.29 is 9.90 Å². The van der Waals surface area contributed by atoms with Crippen LogP contribution in [0, 0.1) is 13.8 Å². The van der Waals surface area contributed by atoms with Crippen LogP contribution in [-0.2, 0) is 6.54 Å². The zero-order chi connectivity index (χ0) is 16.6. The molecule has 0 radical (unpaired) electrons.